The van der Waals surface area contributed by atoms with Crippen LogP contribution in [0.5, 0.6) is 0 Å². The van der Waals surface area contributed by atoms with Crippen molar-refractivity contribution in [2.24, 2.45) is 0 Å². The maximum absolute atomic E-state index is 12.1. The third-order valence-corrected chi connectivity index (χ3v) is 3.83. The number of carbonyl (C=O) groups excluding carboxylic acids is 1. The minimum atomic E-state index is 0.0122. The van der Waals surface area contributed by atoms with Crippen LogP contribution in [0.2, 0.25) is 0 Å². The monoisotopic (exact) mass is 291 g/mol. The van der Waals surface area contributed by atoms with Gasteiger partial charge in [0.25, 0.3) is 0 Å². The highest BCUT2D eigenvalue weighted by molar-refractivity contribution is 5.74. The van der Waals surface area contributed by atoms with Gasteiger partial charge in [-0.15, -0.1) is 0 Å². The van der Waals surface area contributed by atoms with Gasteiger partial charge in [-0.05, 0) is 26.1 Å². The molecule has 1 aromatic rings. The Balaban J connectivity index is 1.83. The molecule has 1 fully saturated rings. The van der Waals surface area contributed by atoms with E-state index in [-0.39, 0.29) is 12.1 Å². The lowest BCUT2D eigenvalue weighted by atomic mass is 10.1. The average Bonchev–Trinajstić information content (AvgIpc) is 2.52. The zero-order valence-electron chi connectivity index (χ0n) is 12.9. The molecule has 0 bridgehead atoms. The first-order chi connectivity index (χ1) is 10.2. The lowest BCUT2D eigenvalue weighted by molar-refractivity contribution is 0.0528. The van der Waals surface area contributed by atoms with E-state index in [2.05, 4.69) is 36.4 Å². The number of ether oxygens (including phenoxy) is 1. The zero-order valence-corrected chi connectivity index (χ0v) is 12.9. The molecule has 0 radical (unpaired) electrons. The summed E-state index contributed by atoms with van der Waals surface area (Å²) in [6.07, 6.45) is 0.928. The van der Waals surface area contributed by atoms with Gasteiger partial charge in [-0.2, -0.15) is 0 Å². The second-order valence-corrected chi connectivity index (χ2v) is 5.59. The summed E-state index contributed by atoms with van der Waals surface area (Å²) < 4.78 is 5.26. The second kappa shape index (κ2) is 8.00. The van der Waals surface area contributed by atoms with Crippen LogP contribution in [-0.2, 0) is 11.2 Å². The van der Waals surface area contributed by atoms with E-state index in [1.165, 1.54) is 5.56 Å². The standard InChI is InChI=1S/C16H25N3O2/c1-18(2)15(12-14-6-4-3-5-7-14)13-17-16(20)19-8-10-21-11-9-19/h3-7,15H,8-13H2,1-2H3,(H,17,20). The number of nitrogens with one attached hydrogen (secondary N) is 1. The summed E-state index contributed by atoms with van der Waals surface area (Å²) in [5, 5.41) is 3.04. The highest BCUT2D eigenvalue weighted by Gasteiger charge is 2.19. The third kappa shape index (κ3) is 5.02. The Kier molecular flexibility index (Phi) is 6.02. The van der Waals surface area contributed by atoms with E-state index in [0.29, 0.717) is 32.8 Å². The normalized spacial score (nSPS) is 16.8. The zero-order chi connectivity index (χ0) is 15.1. The molecule has 5 nitrogen and oxygen atoms in total. The van der Waals surface area contributed by atoms with Crippen LogP contribution in [0.15, 0.2) is 30.3 Å². The van der Waals surface area contributed by atoms with E-state index in [9.17, 15) is 4.79 Å². The van der Waals surface area contributed by atoms with Crippen molar-refractivity contribution in [3.8, 4) is 0 Å². The van der Waals surface area contributed by atoms with Crippen LogP contribution < -0.4 is 5.32 Å². The number of hydrogen-bond acceptors (Lipinski definition) is 3. The van der Waals surface area contributed by atoms with Crippen molar-refractivity contribution in [1.82, 2.24) is 15.1 Å². The van der Waals surface area contributed by atoms with Gasteiger partial charge in [-0.1, -0.05) is 30.3 Å². The summed E-state index contributed by atoms with van der Waals surface area (Å²) >= 11 is 0. The van der Waals surface area contributed by atoms with Gasteiger partial charge in [0.2, 0.25) is 0 Å². The quantitative estimate of drug-likeness (QED) is 0.886. The Morgan fingerprint density at radius 2 is 1.95 bits per heavy atom. The number of rotatable bonds is 5. The maximum Gasteiger partial charge on any atom is 0.317 e. The molecule has 1 aromatic carbocycles. The van der Waals surface area contributed by atoms with Gasteiger partial charge in [0.15, 0.2) is 0 Å². The molecule has 0 saturated carbocycles. The number of morpholine rings is 1. The summed E-state index contributed by atoms with van der Waals surface area (Å²) in [7, 11) is 4.10. The fourth-order valence-corrected chi connectivity index (χ4v) is 2.41. The first-order valence-corrected chi connectivity index (χ1v) is 7.47. The van der Waals surface area contributed by atoms with Gasteiger partial charge in [0, 0.05) is 25.7 Å². The number of carbonyl (C=O) groups is 1. The molecule has 0 spiro atoms. The molecular formula is C16H25N3O2. The number of nitrogens with zero attached hydrogens (tertiary/aromatic N) is 2. The lowest BCUT2D eigenvalue weighted by Crippen LogP contribution is -2.49. The molecule has 2 rings (SSSR count). The number of amides is 2. The predicted molar refractivity (Wildman–Crippen MR) is 83.4 cm³/mol. The van der Waals surface area contributed by atoms with Gasteiger partial charge in [-0.3, -0.25) is 0 Å². The van der Waals surface area contributed by atoms with Crippen molar-refractivity contribution in [2.75, 3.05) is 46.9 Å². The lowest BCUT2D eigenvalue weighted by Gasteiger charge is -2.29. The SMILES string of the molecule is CN(C)C(CNC(=O)N1CCOCC1)Cc1ccccc1. The molecule has 21 heavy (non-hydrogen) atoms. The molecular weight excluding hydrogens is 266 g/mol. The van der Waals surface area contributed by atoms with Crippen molar-refractivity contribution in [2.45, 2.75) is 12.5 Å². The fourth-order valence-electron chi connectivity index (χ4n) is 2.41. The first kappa shape index (κ1) is 15.8. The fraction of sp³-hybridized carbons (Fsp3) is 0.562. The number of benzene rings is 1. The smallest absolute Gasteiger partial charge is 0.317 e. The third-order valence-electron chi connectivity index (χ3n) is 3.83. The van der Waals surface area contributed by atoms with Crippen LogP contribution in [0.4, 0.5) is 4.79 Å². The molecule has 1 unspecified atom stereocenters. The predicted octanol–water partition coefficient (Wildman–Crippen LogP) is 1.20. The minimum Gasteiger partial charge on any atom is -0.378 e. The van der Waals surface area contributed by atoms with Crippen LogP contribution in [0.25, 0.3) is 0 Å². The Morgan fingerprint density at radius 1 is 1.29 bits per heavy atom. The van der Waals surface area contributed by atoms with Crippen molar-refractivity contribution < 1.29 is 9.53 Å². The van der Waals surface area contributed by atoms with Gasteiger partial charge < -0.3 is 19.9 Å². The van der Waals surface area contributed by atoms with E-state index in [4.69, 9.17) is 4.74 Å². The van der Waals surface area contributed by atoms with Crippen molar-refractivity contribution in [3.63, 3.8) is 0 Å². The molecule has 1 aliphatic rings. The van der Waals surface area contributed by atoms with Crippen molar-refractivity contribution in [1.29, 1.82) is 0 Å². The van der Waals surface area contributed by atoms with Crippen LogP contribution in [-0.4, -0.2) is 68.8 Å². The topological polar surface area (TPSA) is 44.8 Å². The van der Waals surface area contributed by atoms with E-state index in [1.54, 1.807) is 0 Å². The van der Waals surface area contributed by atoms with Crippen LogP contribution >= 0.6 is 0 Å². The molecule has 2 amide bonds. The summed E-state index contributed by atoms with van der Waals surface area (Å²) in [6.45, 7) is 3.27. The minimum absolute atomic E-state index is 0.0122. The molecule has 0 aliphatic carbocycles. The highest BCUT2D eigenvalue weighted by atomic mass is 16.5. The average molecular weight is 291 g/mol. The Bertz CT molecular complexity index is 430. The molecule has 116 valence electrons. The summed E-state index contributed by atoms with van der Waals surface area (Å²) in [5.74, 6) is 0. The van der Waals surface area contributed by atoms with Crippen LogP contribution in [0, 0.1) is 0 Å². The van der Waals surface area contributed by atoms with Gasteiger partial charge >= 0.3 is 6.03 Å². The van der Waals surface area contributed by atoms with Crippen LogP contribution in [0.3, 0.4) is 0 Å². The summed E-state index contributed by atoms with van der Waals surface area (Å²) in [5.41, 5.74) is 1.29. The van der Waals surface area contributed by atoms with E-state index >= 15 is 0 Å². The van der Waals surface area contributed by atoms with Gasteiger partial charge in [0.05, 0.1) is 13.2 Å². The molecule has 1 saturated heterocycles. The molecule has 5 heteroatoms. The Labute approximate surface area is 126 Å². The molecule has 1 atom stereocenters. The van der Waals surface area contributed by atoms with E-state index in [1.807, 2.05) is 23.1 Å². The van der Waals surface area contributed by atoms with E-state index in [0.717, 1.165) is 6.42 Å². The number of urea groups is 1. The number of likely N-dealkylation sites (N-methyl/N-ethyl adjacent to an activating group) is 1. The Morgan fingerprint density at radius 3 is 2.57 bits per heavy atom. The first-order valence-electron chi connectivity index (χ1n) is 7.47. The number of hydrogen-bond donors (Lipinski definition) is 1. The van der Waals surface area contributed by atoms with Crippen LogP contribution in [0.1, 0.15) is 5.56 Å². The van der Waals surface area contributed by atoms with E-state index < -0.39 is 0 Å². The maximum atomic E-state index is 12.1. The largest absolute Gasteiger partial charge is 0.378 e. The van der Waals surface area contributed by atoms with Crippen molar-refractivity contribution >= 4 is 6.03 Å². The van der Waals surface area contributed by atoms with Gasteiger partial charge in [-0.25, -0.2) is 4.79 Å². The van der Waals surface area contributed by atoms with Gasteiger partial charge in [0.1, 0.15) is 0 Å². The molecule has 1 N–H and O–H groups in total. The van der Waals surface area contributed by atoms with Crippen molar-refractivity contribution in [3.05, 3.63) is 35.9 Å². The Hall–Kier alpha value is -1.59. The second-order valence-electron chi connectivity index (χ2n) is 5.59. The molecule has 1 heterocycles. The summed E-state index contributed by atoms with van der Waals surface area (Å²) in [6, 6.07) is 10.7. The summed E-state index contributed by atoms with van der Waals surface area (Å²) in [4.78, 5) is 16.1. The molecule has 0 aromatic heterocycles. The highest BCUT2D eigenvalue weighted by Crippen LogP contribution is 2.06. The molecule has 1 aliphatic heterocycles.